The van der Waals surface area contributed by atoms with Crippen molar-refractivity contribution in [3.63, 3.8) is 0 Å². The van der Waals surface area contributed by atoms with Gasteiger partial charge in [-0.2, -0.15) is 0 Å². The Labute approximate surface area is 132 Å². The van der Waals surface area contributed by atoms with Crippen molar-refractivity contribution in [3.8, 4) is 0 Å². The SMILES string of the molecule is Cc1noc(C)c1S(=O)(=O)NCC(C)(O)c1ccc(F)cc1F. The van der Waals surface area contributed by atoms with Crippen LogP contribution < -0.4 is 4.72 Å². The second-order valence-electron chi connectivity index (χ2n) is 5.38. The van der Waals surface area contributed by atoms with Crippen molar-refractivity contribution in [2.24, 2.45) is 0 Å². The Bertz CT molecular complexity index is 812. The molecule has 0 spiro atoms. The standard InChI is InChI=1S/C14H16F2N2O4S/c1-8-13(9(2)22-18-8)23(20,21)17-7-14(3,19)11-5-4-10(15)6-12(11)16/h4-6,17,19H,7H2,1-3H3. The fourth-order valence-corrected chi connectivity index (χ4v) is 3.64. The summed E-state index contributed by atoms with van der Waals surface area (Å²) in [5.41, 5.74) is -1.92. The average molecular weight is 346 g/mol. The summed E-state index contributed by atoms with van der Waals surface area (Å²) in [7, 11) is -4.00. The lowest BCUT2D eigenvalue weighted by atomic mass is 9.96. The van der Waals surface area contributed by atoms with Gasteiger partial charge in [0, 0.05) is 18.2 Å². The minimum Gasteiger partial charge on any atom is -0.384 e. The molecule has 2 rings (SSSR count). The molecule has 1 atom stereocenters. The van der Waals surface area contributed by atoms with Crippen LogP contribution in [0.2, 0.25) is 0 Å². The summed E-state index contributed by atoms with van der Waals surface area (Å²) in [6, 6.07) is 2.66. The number of nitrogens with zero attached hydrogens (tertiary/aromatic N) is 1. The van der Waals surface area contributed by atoms with Crippen LogP contribution >= 0.6 is 0 Å². The zero-order chi connectivity index (χ0) is 17.4. The number of sulfonamides is 1. The molecule has 2 N–H and O–H groups in total. The van der Waals surface area contributed by atoms with Gasteiger partial charge in [0.2, 0.25) is 10.0 Å². The number of hydrogen-bond acceptors (Lipinski definition) is 5. The summed E-state index contributed by atoms with van der Waals surface area (Å²) in [5, 5.41) is 13.9. The van der Waals surface area contributed by atoms with Gasteiger partial charge in [-0.1, -0.05) is 11.2 Å². The molecule has 0 bridgehead atoms. The molecule has 0 saturated heterocycles. The fraction of sp³-hybridized carbons (Fsp3) is 0.357. The highest BCUT2D eigenvalue weighted by Crippen LogP contribution is 2.25. The third-order valence-electron chi connectivity index (χ3n) is 3.35. The van der Waals surface area contributed by atoms with Crippen molar-refractivity contribution in [1.82, 2.24) is 9.88 Å². The molecule has 1 heterocycles. The van der Waals surface area contributed by atoms with Crippen LogP contribution in [-0.2, 0) is 15.6 Å². The van der Waals surface area contributed by atoms with Gasteiger partial charge >= 0.3 is 0 Å². The van der Waals surface area contributed by atoms with Crippen molar-refractivity contribution in [2.75, 3.05) is 6.54 Å². The van der Waals surface area contributed by atoms with Crippen molar-refractivity contribution >= 4 is 10.0 Å². The van der Waals surface area contributed by atoms with Crippen LogP contribution in [0, 0.1) is 25.5 Å². The molecular weight excluding hydrogens is 330 g/mol. The van der Waals surface area contributed by atoms with E-state index in [4.69, 9.17) is 4.52 Å². The molecule has 126 valence electrons. The summed E-state index contributed by atoms with van der Waals surface area (Å²) in [5.74, 6) is -1.66. The van der Waals surface area contributed by atoms with E-state index in [1.807, 2.05) is 0 Å². The van der Waals surface area contributed by atoms with Crippen molar-refractivity contribution < 1.29 is 26.8 Å². The first kappa shape index (κ1) is 17.5. The summed E-state index contributed by atoms with van der Waals surface area (Å²) >= 11 is 0. The van der Waals surface area contributed by atoms with Crippen LogP contribution in [-0.4, -0.2) is 25.2 Å². The molecular formula is C14H16F2N2O4S. The lowest BCUT2D eigenvalue weighted by Gasteiger charge is -2.24. The molecule has 0 aliphatic heterocycles. The predicted molar refractivity (Wildman–Crippen MR) is 77.1 cm³/mol. The first-order valence-corrected chi connectivity index (χ1v) is 8.13. The number of nitrogens with one attached hydrogen (secondary N) is 1. The molecule has 1 aromatic heterocycles. The summed E-state index contributed by atoms with van der Waals surface area (Å²) in [6.07, 6.45) is 0. The smallest absolute Gasteiger partial charge is 0.246 e. The summed E-state index contributed by atoms with van der Waals surface area (Å²) in [6.45, 7) is 3.61. The molecule has 1 unspecified atom stereocenters. The highest BCUT2D eigenvalue weighted by molar-refractivity contribution is 7.89. The van der Waals surface area contributed by atoms with E-state index in [9.17, 15) is 22.3 Å². The van der Waals surface area contributed by atoms with Crippen LogP contribution in [0.15, 0.2) is 27.6 Å². The Morgan fingerprint density at radius 1 is 1.35 bits per heavy atom. The highest BCUT2D eigenvalue weighted by atomic mass is 32.2. The number of aryl methyl sites for hydroxylation is 2. The van der Waals surface area contributed by atoms with Gasteiger partial charge in [0.05, 0.1) is 0 Å². The normalized spacial score (nSPS) is 14.7. The third-order valence-corrected chi connectivity index (χ3v) is 5.00. The van der Waals surface area contributed by atoms with Crippen LogP contribution in [0.4, 0.5) is 8.78 Å². The Balaban J connectivity index is 2.25. The van der Waals surface area contributed by atoms with Gasteiger partial charge in [0.1, 0.15) is 27.8 Å². The maximum absolute atomic E-state index is 13.8. The number of rotatable bonds is 5. The van der Waals surface area contributed by atoms with Crippen molar-refractivity contribution in [2.45, 2.75) is 31.3 Å². The Morgan fingerprint density at radius 2 is 2.00 bits per heavy atom. The van der Waals surface area contributed by atoms with Crippen LogP contribution in [0.3, 0.4) is 0 Å². The van der Waals surface area contributed by atoms with Gasteiger partial charge in [-0.05, 0) is 26.8 Å². The predicted octanol–water partition coefficient (Wildman–Crippen LogP) is 1.76. The molecule has 0 aliphatic rings. The quantitative estimate of drug-likeness (QED) is 0.861. The first-order chi connectivity index (χ1) is 10.5. The second-order valence-corrected chi connectivity index (χ2v) is 7.08. The van der Waals surface area contributed by atoms with Crippen molar-refractivity contribution in [1.29, 1.82) is 0 Å². The summed E-state index contributed by atoms with van der Waals surface area (Å²) < 4.78 is 58.2. The molecule has 9 heteroatoms. The largest absolute Gasteiger partial charge is 0.384 e. The monoisotopic (exact) mass is 346 g/mol. The van der Waals surface area contributed by atoms with E-state index in [2.05, 4.69) is 9.88 Å². The molecule has 0 saturated carbocycles. The fourth-order valence-electron chi connectivity index (χ4n) is 2.19. The number of aliphatic hydroxyl groups is 1. The second kappa shape index (κ2) is 5.99. The minimum absolute atomic E-state index is 0.0996. The van der Waals surface area contributed by atoms with Crippen LogP contribution in [0.5, 0.6) is 0 Å². The molecule has 6 nitrogen and oxygen atoms in total. The van der Waals surface area contributed by atoms with Gasteiger partial charge in [0.25, 0.3) is 0 Å². The van der Waals surface area contributed by atoms with Crippen LogP contribution in [0.25, 0.3) is 0 Å². The topological polar surface area (TPSA) is 92.4 Å². The van der Waals surface area contributed by atoms with E-state index >= 15 is 0 Å². The van der Waals surface area contributed by atoms with Gasteiger partial charge in [0.15, 0.2) is 5.76 Å². The third kappa shape index (κ3) is 3.57. The molecule has 0 fully saturated rings. The Kier molecular flexibility index (Phi) is 4.56. The van der Waals surface area contributed by atoms with Crippen LogP contribution in [0.1, 0.15) is 23.9 Å². The minimum atomic E-state index is -4.00. The van der Waals surface area contributed by atoms with Gasteiger partial charge < -0.3 is 9.63 Å². The zero-order valence-electron chi connectivity index (χ0n) is 12.7. The molecule has 0 amide bonds. The van der Waals surface area contributed by atoms with E-state index in [-0.39, 0.29) is 21.9 Å². The van der Waals surface area contributed by atoms with Crippen molar-refractivity contribution in [3.05, 3.63) is 46.9 Å². The Morgan fingerprint density at radius 3 is 2.52 bits per heavy atom. The molecule has 23 heavy (non-hydrogen) atoms. The first-order valence-electron chi connectivity index (χ1n) is 6.65. The molecule has 0 radical (unpaired) electrons. The number of aromatic nitrogens is 1. The van der Waals surface area contributed by atoms with E-state index in [1.165, 1.54) is 20.8 Å². The van der Waals surface area contributed by atoms with E-state index < -0.39 is 33.8 Å². The maximum atomic E-state index is 13.8. The highest BCUT2D eigenvalue weighted by Gasteiger charge is 2.31. The van der Waals surface area contributed by atoms with E-state index in [0.29, 0.717) is 6.07 Å². The molecule has 2 aromatic rings. The lowest BCUT2D eigenvalue weighted by molar-refractivity contribution is 0.0588. The maximum Gasteiger partial charge on any atom is 0.246 e. The number of hydrogen-bond donors (Lipinski definition) is 2. The van der Waals surface area contributed by atoms with E-state index in [1.54, 1.807) is 0 Å². The zero-order valence-corrected chi connectivity index (χ0v) is 13.5. The molecule has 1 aromatic carbocycles. The Hall–Kier alpha value is -1.84. The summed E-state index contributed by atoms with van der Waals surface area (Å²) in [4.78, 5) is -0.132. The molecule has 0 aliphatic carbocycles. The lowest BCUT2D eigenvalue weighted by Crippen LogP contribution is -2.39. The van der Waals surface area contributed by atoms with E-state index in [0.717, 1.165) is 12.1 Å². The van der Waals surface area contributed by atoms with Gasteiger partial charge in [-0.3, -0.25) is 0 Å². The van der Waals surface area contributed by atoms with Gasteiger partial charge in [-0.15, -0.1) is 0 Å². The number of halogens is 2. The number of benzene rings is 1. The average Bonchev–Trinajstić information content (AvgIpc) is 2.76. The van der Waals surface area contributed by atoms with Gasteiger partial charge in [-0.25, -0.2) is 21.9 Å².